The third-order valence-corrected chi connectivity index (χ3v) is 4.05. The fourth-order valence-electron chi connectivity index (χ4n) is 2.52. The SMILES string of the molecule is CCNC(=NCCN(CC)CC)NCCc1cccc(C(=O)NC)c1. The Morgan fingerprint density at radius 3 is 2.56 bits per heavy atom. The zero-order chi connectivity index (χ0) is 18.5. The topological polar surface area (TPSA) is 68.8 Å². The zero-order valence-electron chi connectivity index (χ0n) is 16.1. The fraction of sp³-hybridized carbons (Fsp3) is 0.579. The van der Waals surface area contributed by atoms with Gasteiger partial charge in [0, 0.05) is 32.2 Å². The minimum Gasteiger partial charge on any atom is -0.357 e. The van der Waals surface area contributed by atoms with Gasteiger partial charge in [-0.15, -0.1) is 0 Å². The monoisotopic (exact) mass is 347 g/mol. The smallest absolute Gasteiger partial charge is 0.251 e. The molecule has 0 fully saturated rings. The highest BCUT2D eigenvalue weighted by molar-refractivity contribution is 5.94. The van der Waals surface area contributed by atoms with Crippen LogP contribution in [0.4, 0.5) is 0 Å². The van der Waals surface area contributed by atoms with Gasteiger partial charge in [0.2, 0.25) is 0 Å². The molecule has 0 aliphatic rings. The highest BCUT2D eigenvalue weighted by Gasteiger charge is 2.04. The first-order chi connectivity index (χ1) is 12.1. The molecular formula is C19H33N5O. The number of rotatable bonds is 10. The molecule has 0 aromatic heterocycles. The maximum atomic E-state index is 11.7. The largest absolute Gasteiger partial charge is 0.357 e. The lowest BCUT2D eigenvalue weighted by molar-refractivity contribution is 0.0963. The van der Waals surface area contributed by atoms with E-state index in [9.17, 15) is 4.79 Å². The molecule has 6 heteroatoms. The second-order valence-corrected chi connectivity index (χ2v) is 5.74. The van der Waals surface area contributed by atoms with Crippen LogP contribution >= 0.6 is 0 Å². The van der Waals surface area contributed by atoms with Gasteiger partial charge < -0.3 is 20.9 Å². The molecule has 0 saturated carbocycles. The van der Waals surface area contributed by atoms with Crippen LogP contribution in [-0.4, -0.2) is 63.1 Å². The van der Waals surface area contributed by atoms with E-state index < -0.39 is 0 Å². The van der Waals surface area contributed by atoms with Crippen molar-refractivity contribution in [2.45, 2.75) is 27.2 Å². The molecule has 0 radical (unpaired) electrons. The molecule has 25 heavy (non-hydrogen) atoms. The number of guanidine groups is 1. The number of amides is 1. The molecule has 0 saturated heterocycles. The van der Waals surface area contributed by atoms with Gasteiger partial charge in [0.25, 0.3) is 5.91 Å². The van der Waals surface area contributed by atoms with Crippen molar-refractivity contribution in [3.8, 4) is 0 Å². The first-order valence-electron chi connectivity index (χ1n) is 9.20. The Kier molecular flexibility index (Phi) is 10.3. The lowest BCUT2D eigenvalue weighted by Gasteiger charge is -2.17. The van der Waals surface area contributed by atoms with Crippen LogP contribution in [-0.2, 0) is 6.42 Å². The van der Waals surface area contributed by atoms with E-state index in [4.69, 9.17) is 0 Å². The van der Waals surface area contributed by atoms with Crippen LogP contribution < -0.4 is 16.0 Å². The molecule has 3 N–H and O–H groups in total. The third kappa shape index (κ3) is 8.03. The fourth-order valence-corrected chi connectivity index (χ4v) is 2.52. The first-order valence-corrected chi connectivity index (χ1v) is 9.20. The van der Waals surface area contributed by atoms with Crippen LogP contribution in [0.3, 0.4) is 0 Å². The highest BCUT2D eigenvalue weighted by atomic mass is 16.1. The van der Waals surface area contributed by atoms with E-state index in [2.05, 4.69) is 46.6 Å². The average molecular weight is 348 g/mol. The second kappa shape index (κ2) is 12.3. The Balaban J connectivity index is 2.50. The summed E-state index contributed by atoms with van der Waals surface area (Å²) >= 11 is 0. The van der Waals surface area contributed by atoms with E-state index in [1.165, 1.54) is 0 Å². The summed E-state index contributed by atoms with van der Waals surface area (Å²) in [7, 11) is 1.65. The average Bonchev–Trinajstić information content (AvgIpc) is 2.64. The summed E-state index contributed by atoms with van der Waals surface area (Å²) in [6.45, 7) is 11.9. The van der Waals surface area contributed by atoms with Gasteiger partial charge in [-0.1, -0.05) is 26.0 Å². The molecule has 0 aliphatic carbocycles. The van der Waals surface area contributed by atoms with Crippen molar-refractivity contribution < 1.29 is 4.79 Å². The van der Waals surface area contributed by atoms with Gasteiger partial charge in [0.05, 0.1) is 6.54 Å². The maximum Gasteiger partial charge on any atom is 0.251 e. The van der Waals surface area contributed by atoms with Gasteiger partial charge in [-0.05, 0) is 44.1 Å². The van der Waals surface area contributed by atoms with Crippen LogP contribution in [0.5, 0.6) is 0 Å². The summed E-state index contributed by atoms with van der Waals surface area (Å²) < 4.78 is 0. The molecule has 1 amide bonds. The van der Waals surface area contributed by atoms with Crippen LogP contribution in [0.25, 0.3) is 0 Å². The predicted molar refractivity (Wildman–Crippen MR) is 105 cm³/mol. The van der Waals surface area contributed by atoms with E-state index >= 15 is 0 Å². The molecular weight excluding hydrogens is 314 g/mol. The molecule has 1 aromatic rings. The Bertz CT molecular complexity index is 540. The second-order valence-electron chi connectivity index (χ2n) is 5.74. The van der Waals surface area contributed by atoms with Gasteiger partial charge in [-0.25, -0.2) is 0 Å². The zero-order valence-corrected chi connectivity index (χ0v) is 16.1. The van der Waals surface area contributed by atoms with Crippen molar-refractivity contribution in [1.29, 1.82) is 0 Å². The summed E-state index contributed by atoms with van der Waals surface area (Å²) in [4.78, 5) is 18.7. The Morgan fingerprint density at radius 1 is 1.16 bits per heavy atom. The Morgan fingerprint density at radius 2 is 1.92 bits per heavy atom. The number of nitrogens with zero attached hydrogens (tertiary/aromatic N) is 2. The van der Waals surface area contributed by atoms with E-state index in [1.54, 1.807) is 7.05 Å². The summed E-state index contributed by atoms with van der Waals surface area (Å²) in [6.07, 6.45) is 0.839. The van der Waals surface area contributed by atoms with Crippen LogP contribution in [0.2, 0.25) is 0 Å². The molecule has 6 nitrogen and oxygen atoms in total. The van der Waals surface area contributed by atoms with Gasteiger partial charge in [-0.2, -0.15) is 0 Å². The lowest BCUT2D eigenvalue weighted by atomic mass is 10.1. The molecule has 0 aliphatic heterocycles. The van der Waals surface area contributed by atoms with Crippen molar-refractivity contribution in [1.82, 2.24) is 20.9 Å². The number of aliphatic imine (C=N–C) groups is 1. The van der Waals surface area contributed by atoms with E-state index in [1.807, 2.05) is 24.3 Å². The van der Waals surface area contributed by atoms with Crippen LogP contribution in [0.15, 0.2) is 29.3 Å². The minimum absolute atomic E-state index is 0.0545. The highest BCUT2D eigenvalue weighted by Crippen LogP contribution is 2.05. The van der Waals surface area contributed by atoms with Gasteiger partial charge in [0.1, 0.15) is 0 Å². The number of carbonyl (C=O) groups excluding carboxylic acids is 1. The van der Waals surface area contributed by atoms with Gasteiger partial charge >= 0.3 is 0 Å². The van der Waals surface area contributed by atoms with Crippen LogP contribution in [0.1, 0.15) is 36.7 Å². The summed E-state index contributed by atoms with van der Waals surface area (Å²) in [6, 6.07) is 7.72. The molecule has 140 valence electrons. The Hall–Kier alpha value is -2.08. The summed E-state index contributed by atoms with van der Waals surface area (Å²) in [5, 5.41) is 9.29. The number of carbonyl (C=O) groups is 1. The first kappa shape index (κ1) is 21.0. The quantitative estimate of drug-likeness (QED) is 0.443. The third-order valence-electron chi connectivity index (χ3n) is 4.05. The standard InChI is InChI=1S/C19H33N5O/c1-5-21-19(23-13-14-24(6-2)7-3)22-12-11-16-9-8-10-17(15-16)18(25)20-4/h8-10,15H,5-7,11-14H2,1-4H3,(H,20,25)(H2,21,22,23). The molecule has 1 rings (SSSR count). The predicted octanol–water partition coefficient (Wildman–Crippen LogP) is 1.49. The van der Waals surface area contributed by atoms with Crippen molar-refractivity contribution >= 4 is 11.9 Å². The summed E-state index contributed by atoms with van der Waals surface area (Å²) in [5.41, 5.74) is 1.83. The van der Waals surface area contributed by atoms with Crippen molar-refractivity contribution in [2.75, 3.05) is 46.3 Å². The minimum atomic E-state index is -0.0545. The van der Waals surface area contributed by atoms with Gasteiger partial charge in [-0.3, -0.25) is 9.79 Å². The van der Waals surface area contributed by atoms with Gasteiger partial charge in [0.15, 0.2) is 5.96 Å². The van der Waals surface area contributed by atoms with Crippen molar-refractivity contribution in [2.24, 2.45) is 4.99 Å². The number of likely N-dealkylation sites (N-methyl/N-ethyl adjacent to an activating group) is 1. The molecule has 0 atom stereocenters. The molecule has 1 aromatic carbocycles. The van der Waals surface area contributed by atoms with Crippen molar-refractivity contribution in [3.63, 3.8) is 0 Å². The normalized spacial score (nSPS) is 11.5. The van der Waals surface area contributed by atoms with E-state index in [0.29, 0.717) is 5.56 Å². The molecule has 0 spiro atoms. The Labute approximate surface area is 152 Å². The maximum absolute atomic E-state index is 11.7. The number of hydrogen-bond donors (Lipinski definition) is 3. The van der Waals surface area contributed by atoms with Crippen LogP contribution in [0, 0.1) is 0 Å². The molecule has 0 heterocycles. The van der Waals surface area contributed by atoms with E-state index in [0.717, 1.165) is 57.2 Å². The number of hydrogen-bond acceptors (Lipinski definition) is 3. The molecule has 0 bridgehead atoms. The number of benzene rings is 1. The lowest BCUT2D eigenvalue weighted by Crippen LogP contribution is -2.39. The van der Waals surface area contributed by atoms with E-state index in [-0.39, 0.29) is 5.91 Å². The molecule has 0 unspecified atom stereocenters. The summed E-state index contributed by atoms with van der Waals surface area (Å²) in [5.74, 6) is 0.790. The van der Waals surface area contributed by atoms with Crippen molar-refractivity contribution in [3.05, 3.63) is 35.4 Å². The number of nitrogens with one attached hydrogen (secondary N) is 3.